The van der Waals surface area contributed by atoms with Crippen LogP contribution in [0.4, 0.5) is 4.79 Å². The van der Waals surface area contributed by atoms with Crippen LogP contribution < -0.4 is 11.2 Å². The van der Waals surface area contributed by atoms with E-state index in [1.807, 2.05) is 30.3 Å². The number of nitrogens with one attached hydrogen (secondary N) is 1. The molecule has 1 aliphatic rings. The monoisotopic (exact) mass is 249 g/mol. The summed E-state index contributed by atoms with van der Waals surface area (Å²) in [6.45, 7) is 0.627. The maximum Gasteiger partial charge on any atom is 0.408 e. The fraction of sp³-hybridized carbons (Fsp3) is 0.333. The van der Waals surface area contributed by atoms with Crippen LogP contribution in [-0.2, 0) is 16.1 Å². The summed E-state index contributed by atoms with van der Waals surface area (Å²) < 4.78 is 5.01. The van der Waals surface area contributed by atoms with Gasteiger partial charge in [-0.25, -0.2) is 10.6 Å². The van der Waals surface area contributed by atoms with E-state index in [1.165, 1.54) is 0 Å². The highest BCUT2D eigenvalue weighted by Gasteiger charge is 2.31. The number of carbonyl (C=O) groups is 2. The van der Waals surface area contributed by atoms with Gasteiger partial charge in [-0.05, 0) is 12.0 Å². The van der Waals surface area contributed by atoms with Crippen molar-refractivity contribution in [1.29, 1.82) is 0 Å². The zero-order chi connectivity index (χ0) is 13.0. The zero-order valence-electron chi connectivity index (χ0n) is 9.83. The van der Waals surface area contributed by atoms with Crippen molar-refractivity contribution in [2.24, 2.45) is 5.84 Å². The van der Waals surface area contributed by atoms with Crippen LogP contribution in [0.1, 0.15) is 12.0 Å². The second-order valence-electron chi connectivity index (χ2n) is 4.08. The maximum absolute atomic E-state index is 11.5. The lowest BCUT2D eigenvalue weighted by Crippen LogP contribution is -2.43. The maximum atomic E-state index is 11.5. The van der Waals surface area contributed by atoms with Gasteiger partial charge in [0.15, 0.2) is 0 Å². The molecule has 1 heterocycles. The van der Waals surface area contributed by atoms with Gasteiger partial charge >= 0.3 is 6.09 Å². The Bertz CT molecular complexity index is 435. The van der Waals surface area contributed by atoms with Crippen molar-refractivity contribution < 1.29 is 14.3 Å². The molecule has 96 valence electrons. The van der Waals surface area contributed by atoms with E-state index in [-0.39, 0.29) is 12.5 Å². The predicted octanol–water partition coefficient (Wildman–Crippen LogP) is 0.387. The lowest BCUT2D eigenvalue weighted by Gasteiger charge is -2.12. The molecule has 6 heteroatoms. The van der Waals surface area contributed by atoms with Crippen molar-refractivity contribution in [3.63, 3.8) is 0 Å². The molecule has 0 bridgehead atoms. The van der Waals surface area contributed by atoms with Gasteiger partial charge < -0.3 is 10.1 Å². The Hall–Kier alpha value is -2.08. The predicted molar refractivity (Wildman–Crippen MR) is 64.1 cm³/mol. The third-order valence-electron chi connectivity index (χ3n) is 2.74. The lowest BCUT2D eigenvalue weighted by atomic mass is 10.2. The minimum absolute atomic E-state index is 0.180. The number of benzene rings is 1. The first-order valence-electron chi connectivity index (χ1n) is 5.70. The molecular weight excluding hydrogens is 234 g/mol. The highest BCUT2D eigenvalue weighted by molar-refractivity contribution is 5.86. The number of rotatable bonds is 3. The van der Waals surface area contributed by atoms with Gasteiger partial charge in [-0.2, -0.15) is 0 Å². The molecular formula is C12H15N3O3. The molecule has 18 heavy (non-hydrogen) atoms. The average molecular weight is 249 g/mol. The Balaban J connectivity index is 1.78. The van der Waals surface area contributed by atoms with Crippen LogP contribution in [0.3, 0.4) is 0 Å². The molecule has 1 aromatic carbocycles. The van der Waals surface area contributed by atoms with Crippen molar-refractivity contribution >= 4 is 12.0 Å². The standard InChI is InChI=1S/C12H15N3O3/c13-15-7-6-10(11(15)16)14-12(17)18-8-9-4-2-1-3-5-9/h1-5,10H,6-8,13H2,(H,14,17)/t10-/m0/s1. The molecule has 1 saturated heterocycles. The van der Waals surface area contributed by atoms with Crippen molar-refractivity contribution in [3.8, 4) is 0 Å². The van der Waals surface area contributed by atoms with Crippen molar-refractivity contribution in [2.75, 3.05) is 6.54 Å². The van der Waals surface area contributed by atoms with Gasteiger partial charge in [-0.1, -0.05) is 30.3 Å². The number of amides is 2. The highest BCUT2D eigenvalue weighted by atomic mass is 16.5. The number of hydrogen-bond donors (Lipinski definition) is 2. The normalized spacial score (nSPS) is 18.8. The molecule has 0 unspecified atom stereocenters. The van der Waals surface area contributed by atoms with Crippen molar-refractivity contribution in [3.05, 3.63) is 35.9 Å². The van der Waals surface area contributed by atoms with E-state index in [4.69, 9.17) is 10.6 Å². The summed E-state index contributed by atoms with van der Waals surface area (Å²) in [7, 11) is 0. The Morgan fingerprint density at radius 3 is 2.78 bits per heavy atom. The SMILES string of the molecule is NN1CC[C@H](NC(=O)OCc2ccccc2)C1=O. The van der Waals surface area contributed by atoms with Gasteiger partial charge in [-0.3, -0.25) is 9.80 Å². The number of hydrogen-bond acceptors (Lipinski definition) is 4. The number of ether oxygens (including phenoxy) is 1. The number of nitrogens with two attached hydrogens (primary N) is 1. The van der Waals surface area contributed by atoms with Crippen LogP contribution in [0.25, 0.3) is 0 Å². The molecule has 0 spiro atoms. The van der Waals surface area contributed by atoms with Gasteiger partial charge in [0, 0.05) is 6.54 Å². The fourth-order valence-corrected chi connectivity index (χ4v) is 1.74. The first-order chi connectivity index (χ1) is 8.66. The minimum atomic E-state index is -0.604. The smallest absolute Gasteiger partial charge is 0.408 e. The Morgan fingerprint density at radius 1 is 1.44 bits per heavy atom. The summed E-state index contributed by atoms with van der Waals surface area (Å²) in [6, 6.07) is 8.76. The van der Waals surface area contributed by atoms with E-state index < -0.39 is 12.1 Å². The van der Waals surface area contributed by atoms with E-state index in [2.05, 4.69) is 5.32 Å². The zero-order valence-corrected chi connectivity index (χ0v) is 9.83. The summed E-state index contributed by atoms with van der Waals surface area (Å²) in [5.41, 5.74) is 0.894. The third kappa shape index (κ3) is 2.98. The molecule has 3 N–H and O–H groups in total. The molecule has 1 fully saturated rings. The van der Waals surface area contributed by atoms with Crippen LogP contribution >= 0.6 is 0 Å². The molecule has 1 aliphatic heterocycles. The highest BCUT2D eigenvalue weighted by Crippen LogP contribution is 2.07. The minimum Gasteiger partial charge on any atom is -0.445 e. The second-order valence-corrected chi connectivity index (χ2v) is 4.08. The van der Waals surface area contributed by atoms with Crippen molar-refractivity contribution in [2.45, 2.75) is 19.1 Å². The molecule has 0 saturated carbocycles. The molecule has 6 nitrogen and oxygen atoms in total. The molecule has 1 aromatic rings. The molecule has 2 amide bonds. The molecule has 0 aliphatic carbocycles. The van der Waals surface area contributed by atoms with Crippen LogP contribution in [0, 0.1) is 0 Å². The summed E-state index contributed by atoms with van der Waals surface area (Å²) in [6.07, 6.45) is -0.0945. The topological polar surface area (TPSA) is 84.7 Å². The summed E-state index contributed by atoms with van der Waals surface area (Å²) in [5.74, 6) is 5.12. The third-order valence-corrected chi connectivity index (χ3v) is 2.74. The Morgan fingerprint density at radius 2 is 2.17 bits per heavy atom. The summed E-state index contributed by atoms with van der Waals surface area (Å²) in [5, 5.41) is 3.60. The number of carbonyl (C=O) groups excluding carboxylic acids is 2. The van der Waals surface area contributed by atoms with Crippen LogP contribution in [0.5, 0.6) is 0 Å². The van der Waals surface area contributed by atoms with Gasteiger partial charge in [0.1, 0.15) is 12.6 Å². The fourth-order valence-electron chi connectivity index (χ4n) is 1.74. The van der Waals surface area contributed by atoms with Crippen LogP contribution in [0.15, 0.2) is 30.3 Å². The number of alkyl carbamates (subject to hydrolysis) is 1. The van der Waals surface area contributed by atoms with E-state index in [0.29, 0.717) is 13.0 Å². The van der Waals surface area contributed by atoms with E-state index in [0.717, 1.165) is 10.6 Å². The Labute approximate surface area is 105 Å². The molecule has 1 atom stereocenters. The Kier molecular flexibility index (Phi) is 3.78. The number of hydrazine groups is 1. The average Bonchev–Trinajstić information content (AvgIpc) is 2.70. The summed E-state index contributed by atoms with van der Waals surface area (Å²) >= 11 is 0. The molecule has 0 radical (unpaired) electrons. The van der Waals surface area contributed by atoms with E-state index in [9.17, 15) is 9.59 Å². The number of nitrogens with zero attached hydrogens (tertiary/aromatic N) is 1. The van der Waals surface area contributed by atoms with Gasteiger partial charge in [-0.15, -0.1) is 0 Å². The largest absolute Gasteiger partial charge is 0.445 e. The first kappa shape index (κ1) is 12.4. The van der Waals surface area contributed by atoms with Gasteiger partial charge in [0.25, 0.3) is 5.91 Å². The van der Waals surface area contributed by atoms with Crippen LogP contribution in [-0.4, -0.2) is 29.6 Å². The quantitative estimate of drug-likeness (QED) is 0.599. The van der Waals surface area contributed by atoms with Gasteiger partial charge in [0.05, 0.1) is 0 Å². The van der Waals surface area contributed by atoms with Gasteiger partial charge in [0.2, 0.25) is 0 Å². The molecule has 2 rings (SSSR count). The lowest BCUT2D eigenvalue weighted by molar-refractivity contribution is -0.129. The molecule has 0 aromatic heterocycles. The first-order valence-corrected chi connectivity index (χ1v) is 5.70. The van der Waals surface area contributed by atoms with E-state index >= 15 is 0 Å². The van der Waals surface area contributed by atoms with Crippen LogP contribution in [0.2, 0.25) is 0 Å². The van der Waals surface area contributed by atoms with E-state index in [1.54, 1.807) is 0 Å². The van der Waals surface area contributed by atoms with Crippen molar-refractivity contribution in [1.82, 2.24) is 10.3 Å². The summed E-state index contributed by atoms with van der Waals surface area (Å²) in [4.78, 5) is 22.9. The second kappa shape index (κ2) is 5.50.